The van der Waals surface area contributed by atoms with Gasteiger partial charge in [0.25, 0.3) is 0 Å². The number of halogens is 4. The van der Waals surface area contributed by atoms with Crippen LogP contribution in [0.2, 0.25) is 0 Å². The molecule has 3 rings (SSSR count). The van der Waals surface area contributed by atoms with Gasteiger partial charge in [-0.3, -0.25) is 4.57 Å². The molecule has 108 valence electrons. The van der Waals surface area contributed by atoms with Gasteiger partial charge in [-0.15, -0.1) is 0 Å². The lowest BCUT2D eigenvalue weighted by molar-refractivity contribution is -0.138. The highest BCUT2D eigenvalue weighted by Gasteiger charge is 2.33. The van der Waals surface area contributed by atoms with Gasteiger partial charge in [-0.25, -0.2) is 9.97 Å². The molecule has 4 nitrogen and oxygen atoms in total. The number of pyridine rings is 1. The number of nitrogen functional groups attached to an aromatic ring is 1. The molecule has 0 bridgehead atoms. The first-order chi connectivity index (χ1) is 9.88. The molecule has 2 N–H and O–H groups in total. The van der Waals surface area contributed by atoms with Crippen molar-refractivity contribution in [3.63, 3.8) is 0 Å². The minimum absolute atomic E-state index is 0.0327. The first kappa shape index (κ1) is 13.9. The maximum atomic E-state index is 13.0. The zero-order valence-electron chi connectivity index (χ0n) is 10.4. The van der Waals surface area contributed by atoms with E-state index in [1.54, 1.807) is 12.1 Å². The van der Waals surface area contributed by atoms with E-state index in [0.717, 1.165) is 6.07 Å². The maximum absolute atomic E-state index is 13.0. The van der Waals surface area contributed by atoms with E-state index >= 15 is 0 Å². The molecule has 2 aromatic heterocycles. The molecule has 0 amide bonds. The minimum atomic E-state index is -4.46. The molecule has 0 atom stereocenters. The van der Waals surface area contributed by atoms with E-state index in [1.165, 1.54) is 22.9 Å². The topological polar surface area (TPSA) is 56.7 Å². The number of hydrogen-bond donors (Lipinski definition) is 1. The summed E-state index contributed by atoms with van der Waals surface area (Å²) in [5.41, 5.74) is 6.20. The van der Waals surface area contributed by atoms with E-state index < -0.39 is 11.7 Å². The van der Waals surface area contributed by atoms with Gasteiger partial charge in [-0.1, -0.05) is 15.9 Å². The number of benzene rings is 1. The van der Waals surface area contributed by atoms with Gasteiger partial charge in [0.15, 0.2) is 5.65 Å². The molecular weight excluding hydrogens is 349 g/mol. The fourth-order valence-corrected chi connectivity index (χ4v) is 2.53. The Bertz CT molecular complexity index is 826. The standard InChI is InChI=1S/C13H8BrF3N4/c14-9-4-3-7(6-8(9)13(15,16)17)21-11-10(20-12(21)18)2-1-5-19-11/h1-6H,(H2,18,20). The van der Waals surface area contributed by atoms with Gasteiger partial charge < -0.3 is 5.73 Å². The quantitative estimate of drug-likeness (QED) is 0.721. The average molecular weight is 357 g/mol. The highest BCUT2D eigenvalue weighted by molar-refractivity contribution is 9.10. The molecular formula is C13H8BrF3N4. The van der Waals surface area contributed by atoms with Gasteiger partial charge in [0.05, 0.1) is 11.3 Å². The Morgan fingerprint density at radius 2 is 1.95 bits per heavy atom. The average Bonchev–Trinajstić information content (AvgIpc) is 2.74. The maximum Gasteiger partial charge on any atom is 0.417 e. The van der Waals surface area contributed by atoms with Gasteiger partial charge in [0.2, 0.25) is 5.95 Å². The minimum Gasteiger partial charge on any atom is -0.369 e. The van der Waals surface area contributed by atoms with Crippen molar-refractivity contribution in [3.8, 4) is 5.69 Å². The normalized spacial score (nSPS) is 12.0. The number of imidazole rings is 1. The molecule has 21 heavy (non-hydrogen) atoms. The van der Waals surface area contributed by atoms with Crippen molar-refractivity contribution in [2.45, 2.75) is 6.18 Å². The fourth-order valence-electron chi connectivity index (χ4n) is 2.05. The largest absolute Gasteiger partial charge is 0.417 e. The van der Waals surface area contributed by atoms with Gasteiger partial charge in [-0.2, -0.15) is 13.2 Å². The van der Waals surface area contributed by atoms with Crippen LogP contribution in [0.3, 0.4) is 0 Å². The molecule has 0 aliphatic carbocycles. The van der Waals surface area contributed by atoms with E-state index in [4.69, 9.17) is 5.73 Å². The van der Waals surface area contributed by atoms with Gasteiger partial charge in [0.1, 0.15) is 5.52 Å². The molecule has 0 saturated heterocycles. The molecule has 0 aliphatic heterocycles. The SMILES string of the molecule is Nc1nc2cccnc2n1-c1ccc(Br)c(C(F)(F)F)c1. The fraction of sp³-hybridized carbons (Fsp3) is 0.0769. The van der Waals surface area contributed by atoms with Crippen molar-refractivity contribution in [1.29, 1.82) is 0 Å². The number of hydrogen-bond acceptors (Lipinski definition) is 3. The number of anilines is 1. The number of fused-ring (bicyclic) bond motifs is 1. The van der Waals surface area contributed by atoms with Crippen molar-refractivity contribution in [1.82, 2.24) is 14.5 Å². The molecule has 2 heterocycles. The van der Waals surface area contributed by atoms with Crippen molar-refractivity contribution < 1.29 is 13.2 Å². The highest BCUT2D eigenvalue weighted by atomic mass is 79.9. The van der Waals surface area contributed by atoms with Crippen molar-refractivity contribution in [2.75, 3.05) is 5.73 Å². The Morgan fingerprint density at radius 3 is 2.67 bits per heavy atom. The molecule has 8 heteroatoms. The van der Waals surface area contributed by atoms with E-state index in [1.807, 2.05) is 0 Å². The second kappa shape index (κ2) is 4.73. The van der Waals surface area contributed by atoms with Crippen LogP contribution in [0.25, 0.3) is 16.9 Å². The molecule has 0 unspecified atom stereocenters. The second-order valence-corrected chi connectivity index (χ2v) is 5.17. The van der Waals surface area contributed by atoms with Crippen molar-refractivity contribution in [2.24, 2.45) is 0 Å². The van der Waals surface area contributed by atoms with E-state index in [2.05, 4.69) is 25.9 Å². The van der Waals surface area contributed by atoms with Gasteiger partial charge in [-0.05, 0) is 30.3 Å². The summed E-state index contributed by atoms with van der Waals surface area (Å²) in [7, 11) is 0. The van der Waals surface area contributed by atoms with Crippen molar-refractivity contribution in [3.05, 3.63) is 46.6 Å². The number of alkyl halides is 3. The summed E-state index contributed by atoms with van der Waals surface area (Å²) < 4.78 is 40.3. The molecule has 0 saturated carbocycles. The van der Waals surface area contributed by atoms with Gasteiger partial charge >= 0.3 is 6.18 Å². The predicted molar refractivity (Wildman–Crippen MR) is 76.0 cm³/mol. The van der Waals surface area contributed by atoms with E-state index in [-0.39, 0.29) is 16.1 Å². The van der Waals surface area contributed by atoms with E-state index in [0.29, 0.717) is 11.2 Å². The molecule has 0 spiro atoms. The summed E-state index contributed by atoms with van der Waals surface area (Å²) in [6.07, 6.45) is -2.93. The Morgan fingerprint density at radius 1 is 1.19 bits per heavy atom. The smallest absolute Gasteiger partial charge is 0.369 e. The third-order valence-electron chi connectivity index (χ3n) is 2.96. The summed E-state index contributed by atoms with van der Waals surface area (Å²) in [6.45, 7) is 0. The van der Waals surface area contributed by atoms with Gasteiger partial charge in [0, 0.05) is 10.7 Å². The van der Waals surface area contributed by atoms with Crippen LogP contribution in [0.5, 0.6) is 0 Å². The number of nitrogens with zero attached hydrogens (tertiary/aromatic N) is 3. The van der Waals surface area contributed by atoms with Crippen molar-refractivity contribution >= 4 is 33.0 Å². The zero-order valence-corrected chi connectivity index (χ0v) is 12.0. The molecule has 1 aromatic carbocycles. The third kappa shape index (κ3) is 2.35. The second-order valence-electron chi connectivity index (χ2n) is 4.31. The van der Waals surface area contributed by atoms with Crippen LogP contribution >= 0.6 is 15.9 Å². The Kier molecular flexibility index (Phi) is 3.12. The van der Waals surface area contributed by atoms with Crippen LogP contribution in [-0.4, -0.2) is 14.5 Å². The molecule has 0 radical (unpaired) electrons. The number of rotatable bonds is 1. The van der Waals surface area contributed by atoms with Crippen LogP contribution in [0.4, 0.5) is 19.1 Å². The Hall–Kier alpha value is -2.09. The number of aromatic nitrogens is 3. The molecule has 0 aliphatic rings. The van der Waals surface area contributed by atoms with Crippen LogP contribution < -0.4 is 5.73 Å². The summed E-state index contributed by atoms with van der Waals surface area (Å²) in [5.74, 6) is 0.0825. The van der Waals surface area contributed by atoms with Crippen LogP contribution in [0.15, 0.2) is 41.0 Å². The lowest BCUT2D eigenvalue weighted by atomic mass is 10.2. The van der Waals surface area contributed by atoms with E-state index in [9.17, 15) is 13.2 Å². The lowest BCUT2D eigenvalue weighted by Crippen LogP contribution is -2.08. The number of nitrogens with two attached hydrogens (primary N) is 1. The third-order valence-corrected chi connectivity index (χ3v) is 3.65. The van der Waals surface area contributed by atoms with Crippen LogP contribution in [0, 0.1) is 0 Å². The van der Waals surface area contributed by atoms with Crippen LogP contribution in [0.1, 0.15) is 5.56 Å². The zero-order chi connectivity index (χ0) is 15.2. The Balaban J connectivity index is 2.27. The van der Waals surface area contributed by atoms with Crippen LogP contribution in [-0.2, 0) is 6.18 Å². The summed E-state index contributed by atoms with van der Waals surface area (Å²) in [6, 6.07) is 7.23. The first-order valence-corrected chi connectivity index (χ1v) is 6.63. The summed E-state index contributed by atoms with van der Waals surface area (Å²) in [4.78, 5) is 8.21. The summed E-state index contributed by atoms with van der Waals surface area (Å²) >= 11 is 2.91. The lowest BCUT2D eigenvalue weighted by Gasteiger charge is -2.12. The molecule has 0 fully saturated rings. The monoisotopic (exact) mass is 356 g/mol. The Labute approximate surface area is 125 Å². The molecule has 3 aromatic rings. The highest BCUT2D eigenvalue weighted by Crippen LogP contribution is 2.36. The summed E-state index contributed by atoms with van der Waals surface area (Å²) in [5, 5.41) is 0. The first-order valence-electron chi connectivity index (χ1n) is 5.84. The predicted octanol–water partition coefficient (Wildman–Crippen LogP) is 3.78.